The molecular formula is C21H20N4O4. The first kappa shape index (κ1) is 18.5. The maximum atomic E-state index is 12.9. The van der Waals surface area contributed by atoms with Gasteiger partial charge in [0.1, 0.15) is 23.4 Å². The second-order valence-corrected chi connectivity index (χ2v) is 6.54. The Kier molecular flexibility index (Phi) is 4.90. The molecule has 2 heterocycles. The van der Waals surface area contributed by atoms with Crippen LogP contribution in [0.1, 0.15) is 12.5 Å². The number of methoxy groups -OCH3 is 2. The zero-order valence-corrected chi connectivity index (χ0v) is 16.0. The molecule has 0 radical (unpaired) electrons. The van der Waals surface area contributed by atoms with Crippen LogP contribution < -0.4 is 20.1 Å². The first-order valence-corrected chi connectivity index (χ1v) is 9.06. The summed E-state index contributed by atoms with van der Waals surface area (Å²) in [5, 5.41) is 10.0. The highest BCUT2D eigenvalue weighted by Gasteiger charge is 2.33. The van der Waals surface area contributed by atoms with Gasteiger partial charge in [-0.3, -0.25) is 9.59 Å². The Balaban J connectivity index is 1.67. The van der Waals surface area contributed by atoms with Gasteiger partial charge in [-0.05, 0) is 18.2 Å². The average molecular weight is 392 g/mol. The molecule has 3 aromatic rings. The van der Waals surface area contributed by atoms with E-state index in [4.69, 9.17) is 9.47 Å². The van der Waals surface area contributed by atoms with E-state index in [2.05, 4.69) is 15.7 Å². The Morgan fingerprint density at radius 3 is 2.76 bits per heavy atom. The van der Waals surface area contributed by atoms with Crippen molar-refractivity contribution in [3.63, 3.8) is 0 Å². The smallest absolute Gasteiger partial charge is 0.249 e. The summed E-state index contributed by atoms with van der Waals surface area (Å²) in [5.41, 5.74) is 2.05. The molecule has 1 aliphatic heterocycles. The molecule has 8 heteroatoms. The van der Waals surface area contributed by atoms with Gasteiger partial charge in [0.05, 0.1) is 26.8 Å². The summed E-state index contributed by atoms with van der Waals surface area (Å²) >= 11 is 0. The van der Waals surface area contributed by atoms with Crippen LogP contribution in [0.3, 0.4) is 0 Å². The van der Waals surface area contributed by atoms with E-state index in [1.165, 1.54) is 0 Å². The van der Waals surface area contributed by atoms with Crippen LogP contribution in [-0.4, -0.2) is 35.8 Å². The van der Waals surface area contributed by atoms with Crippen molar-refractivity contribution < 1.29 is 19.1 Å². The Hall–Kier alpha value is -3.81. The summed E-state index contributed by atoms with van der Waals surface area (Å²) in [5.74, 6) is 1.17. The number of carbonyl (C=O) groups excluding carboxylic acids is 2. The number of hydrogen-bond donors (Lipinski definition) is 2. The molecule has 0 spiro atoms. The van der Waals surface area contributed by atoms with Crippen molar-refractivity contribution in [1.29, 1.82) is 0 Å². The third-order valence-corrected chi connectivity index (χ3v) is 4.76. The highest BCUT2D eigenvalue weighted by Crippen LogP contribution is 2.38. The minimum atomic E-state index is -0.770. The number of ether oxygens (including phenoxy) is 2. The van der Waals surface area contributed by atoms with E-state index in [1.54, 1.807) is 49.4 Å². The summed E-state index contributed by atoms with van der Waals surface area (Å²) in [4.78, 5) is 25.3. The molecule has 0 aliphatic carbocycles. The van der Waals surface area contributed by atoms with Crippen molar-refractivity contribution >= 4 is 23.3 Å². The maximum Gasteiger partial charge on any atom is 0.249 e. The summed E-state index contributed by atoms with van der Waals surface area (Å²) in [6, 6.07) is 13.7. The van der Waals surface area contributed by atoms with E-state index >= 15 is 0 Å². The molecule has 1 aliphatic rings. The first-order chi connectivity index (χ1) is 14.1. The van der Waals surface area contributed by atoms with E-state index in [0.717, 1.165) is 5.56 Å². The molecule has 0 fully saturated rings. The fraction of sp³-hybridized carbons (Fsp3) is 0.190. The van der Waals surface area contributed by atoms with Gasteiger partial charge in [-0.15, -0.1) is 0 Å². The van der Waals surface area contributed by atoms with Crippen LogP contribution in [0.15, 0.2) is 54.7 Å². The van der Waals surface area contributed by atoms with E-state index in [9.17, 15) is 9.59 Å². The molecule has 8 nitrogen and oxygen atoms in total. The van der Waals surface area contributed by atoms with Crippen molar-refractivity contribution in [2.45, 2.75) is 12.5 Å². The summed E-state index contributed by atoms with van der Waals surface area (Å²) in [7, 11) is 3.14. The molecule has 0 saturated carbocycles. The number of rotatable bonds is 5. The predicted molar refractivity (Wildman–Crippen MR) is 108 cm³/mol. The number of fused-ring (bicyclic) bond motifs is 1. The van der Waals surface area contributed by atoms with Crippen molar-refractivity contribution in [3.05, 3.63) is 54.7 Å². The molecule has 2 aromatic carbocycles. The summed E-state index contributed by atoms with van der Waals surface area (Å²) in [6.07, 6.45) is 1.63. The number of para-hydroxylation sites is 1. The van der Waals surface area contributed by atoms with Crippen LogP contribution >= 0.6 is 0 Å². The first-order valence-electron chi connectivity index (χ1n) is 9.06. The van der Waals surface area contributed by atoms with Crippen molar-refractivity contribution in [3.8, 4) is 22.6 Å². The van der Waals surface area contributed by atoms with Gasteiger partial charge in [0.2, 0.25) is 11.8 Å². The molecule has 1 unspecified atom stereocenters. The lowest BCUT2D eigenvalue weighted by molar-refractivity contribution is -0.125. The Morgan fingerprint density at radius 2 is 1.97 bits per heavy atom. The lowest BCUT2D eigenvalue weighted by Crippen LogP contribution is -2.35. The molecule has 4 rings (SSSR count). The largest absolute Gasteiger partial charge is 0.497 e. The minimum absolute atomic E-state index is 0.00412. The Bertz CT molecular complexity index is 1080. The zero-order chi connectivity index (χ0) is 20.4. The number of amides is 2. The maximum absolute atomic E-state index is 12.9. The molecule has 29 heavy (non-hydrogen) atoms. The number of hydrogen-bond acceptors (Lipinski definition) is 5. The lowest BCUT2D eigenvalue weighted by atomic mass is 10.1. The van der Waals surface area contributed by atoms with Crippen LogP contribution in [0.25, 0.3) is 11.1 Å². The van der Waals surface area contributed by atoms with Crippen LogP contribution in [0.5, 0.6) is 11.5 Å². The monoisotopic (exact) mass is 392 g/mol. The fourth-order valence-electron chi connectivity index (χ4n) is 3.36. The Morgan fingerprint density at radius 1 is 1.14 bits per heavy atom. The van der Waals surface area contributed by atoms with Crippen LogP contribution in [-0.2, 0) is 9.59 Å². The molecule has 1 aromatic heterocycles. The highest BCUT2D eigenvalue weighted by atomic mass is 16.5. The van der Waals surface area contributed by atoms with Gasteiger partial charge >= 0.3 is 0 Å². The van der Waals surface area contributed by atoms with E-state index in [-0.39, 0.29) is 18.2 Å². The van der Waals surface area contributed by atoms with Crippen molar-refractivity contribution in [2.24, 2.45) is 0 Å². The third kappa shape index (κ3) is 3.52. The van der Waals surface area contributed by atoms with Crippen molar-refractivity contribution in [1.82, 2.24) is 9.78 Å². The quantitative estimate of drug-likeness (QED) is 0.696. The zero-order valence-electron chi connectivity index (χ0n) is 16.0. The van der Waals surface area contributed by atoms with E-state index in [0.29, 0.717) is 28.6 Å². The third-order valence-electron chi connectivity index (χ3n) is 4.76. The average Bonchev–Trinajstić information content (AvgIpc) is 3.16. The van der Waals surface area contributed by atoms with E-state index in [1.807, 2.05) is 24.3 Å². The minimum Gasteiger partial charge on any atom is -0.497 e. The predicted octanol–water partition coefficient (Wildman–Crippen LogP) is 3.09. The fourth-order valence-corrected chi connectivity index (χ4v) is 3.36. The standard InChI is InChI=1S/C21H20N4O4/c1-28-14-7-5-6-13(10-14)23-21(27)17-11-19(26)24-20-16(12-22-25(17)20)15-8-3-4-9-18(15)29-2/h3-10,12,17H,11H2,1-2H3,(H,23,27)(H,24,26). The lowest BCUT2D eigenvalue weighted by Gasteiger charge is -2.24. The molecule has 0 saturated heterocycles. The van der Waals surface area contributed by atoms with Gasteiger partial charge in [0.15, 0.2) is 0 Å². The van der Waals surface area contributed by atoms with E-state index < -0.39 is 6.04 Å². The molecule has 148 valence electrons. The molecule has 2 amide bonds. The van der Waals surface area contributed by atoms with Crippen LogP contribution in [0.2, 0.25) is 0 Å². The second-order valence-electron chi connectivity index (χ2n) is 6.54. The molecular weight excluding hydrogens is 372 g/mol. The number of anilines is 2. The van der Waals surface area contributed by atoms with Gasteiger partial charge in [-0.2, -0.15) is 5.10 Å². The number of nitrogens with one attached hydrogen (secondary N) is 2. The number of carbonyl (C=O) groups is 2. The van der Waals surface area contributed by atoms with Crippen LogP contribution in [0.4, 0.5) is 11.5 Å². The highest BCUT2D eigenvalue weighted by molar-refractivity contribution is 6.03. The molecule has 0 bridgehead atoms. The normalized spacial score (nSPS) is 15.2. The summed E-state index contributed by atoms with van der Waals surface area (Å²) < 4.78 is 12.1. The summed E-state index contributed by atoms with van der Waals surface area (Å²) in [6.45, 7) is 0. The SMILES string of the molecule is COc1cccc(NC(=O)C2CC(=O)Nc3c(-c4ccccc4OC)cnn32)c1. The van der Waals surface area contributed by atoms with Crippen LogP contribution in [0, 0.1) is 0 Å². The van der Waals surface area contributed by atoms with Gasteiger partial charge in [0, 0.05) is 22.9 Å². The van der Waals surface area contributed by atoms with Crippen molar-refractivity contribution in [2.75, 3.05) is 24.9 Å². The second kappa shape index (κ2) is 7.67. The topological polar surface area (TPSA) is 94.5 Å². The van der Waals surface area contributed by atoms with Gasteiger partial charge < -0.3 is 20.1 Å². The Labute approximate surface area is 167 Å². The molecule has 1 atom stereocenters. The van der Waals surface area contributed by atoms with Gasteiger partial charge in [-0.25, -0.2) is 4.68 Å². The van der Waals surface area contributed by atoms with Gasteiger partial charge in [-0.1, -0.05) is 24.3 Å². The molecule has 2 N–H and O–H groups in total. The number of nitrogens with zero attached hydrogens (tertiary/aromatic N) is 2. The number of benzene rings is 2. The van der Waals surface area contributed by atoms with Gasteiger partial charge in [0.25, 0.3) is 0 Å². The number of aromatic nitrogens is 2.